The van der Waals surface area contributed by atoms with E-state index in [1.807, 2.05) is 30.3 Å². The maximum atomic E-state index is 12.7. The fourth-order valence-electron chi connectivity index (χ4n) is 3.00. The van der Waals surface area contributed by atoms with Gasteiger partial charge in [0.2, 0.25) is 0 Å². The molecule has 0 N–H and O–H groups in total. The molecule has 30 heavy (non-hydrogen) atoms. The minimum Gasteiger partial charge on any atom is -0.494 e. The van der Waals surface area contributed by atoms with E-state index in [4.69, 9.17) is 32.7 Å². The van der Waals surface area contributed by atoms with E-state index in [1.165, 1.54) is 11.8 Å². The van der Waals surface area contributed by atoms with E-state index < -0.39 is 0 Å². The molecular formula is C23H25Cl2NO3S. The Kier molecular flexibility index (Phi) is 8.51. The molecule has 0 atom stereocenters. The lowest BCUT2D eigenvalue weighted by molar-refractivity contribution is -0.128. The summed E-state index contributed by atoms with van der Waals surface area (Å²) in [7, 11) is 0. The van der Waals surface area contributed by atoms with Gasteiger partial charge in [-0.1, -0.05) is 67.0 Å². The van der Waals surface area contributed by atoms with Crippen molar-refractivity contribution in [2.24, 2.45) is 0 Å². The number of ether oxygens (including phenoxy) is 2. The van der Waals surface area contributed by atoms with Crippen LogP contribution in [0.2, 0.25) is 10.0 Å². The van der Waals surface area contributed by atoms with Crippen molar-refractivity contribution in [1.29, 1.82) is 0 Å². The van der Waals surface area contributed by atoms with Crippen LogP contribution in [0.3, 0.4) is 0 Å². The molecular weight excluding hydrogens is 441 g/mol. The number of hydrogen-bond donors (Lipinski definition) is 0. The lowest BCUT2D eigenvalue weighted by atomic mass is 10.1. The maximum absolute atomic E-state index is 12.7. The van der Waals surface area contributed by atoms with Gasteiger partial charge in [0.1, 0.15) is 5.75 Å². The van der Waals surface area contributed by atoms with Crippen LogP contribution in [0.1, 0.15) is 25.3 Å². The molecule has 0 spiro atoms. The zero-order valence-electron chi connectivity index (χ0n) is 17.0. The van der Waals surface area contributed by atoms with Crippen molar-refractivity contribution < 1.29 is 14.3 Å². The second kappa shape index (κ2) is 11.1. The molecule has 2 aromatic carbocycles. The van der Waals surface area contributed by atoms with Gasteiger partial charge in [-0.25, -0.2) is 0 Å². The molecule has 4 nitrogen and oxygen atoms in total. The summed E-state index contributed by atoms with van der Waals surface area (Å²) >= 11 is 14.6. The molecule has 160 valence electrons. The number of rotatable bonds is 8. The van der Waals surface area contributed by atoms with Crippen molar-refractivity contribution >= 4 is 46.4 Å². The molecule has 1 fully saturated rings. The summed E-state index contributed by atoms with van der Waals surface area (Å²) in [6.07, 6.45) is 2.11. The van der Waals surface area contributed by atoms with Crippen LogP contribution in [0, 0.1) is 0 Å². The van der Waals surface area contributed by atoms with E-state index in [9.17, 15) is 4.79 Å². The third-order valence-electron chi connectivity index (χ3n) is 4.73. The van der Waals surface area contributed by atoms with Crippen LogP contribution < -0.4 is 4.74 Å². The summed E-state index contributed by atoms with van der Waals surface area (Å²) in [6.45, 7) is 8.96. The smallest absolute Gasteiger partial charge is 0.254 e. The zero-order valence-corrected chi connectivity index (χ0v) is 19.3. The highest BCUT2D eigenvalue weighted by Crippen LogP contribution is 2.41. The van der Waals surface area contributed by atoms with Crippen LogP contribution in [-0.2, 0) is 9.53 Å². The first-order valence-electron chi connectivity index (χ1n) is 9.96. The highest BCUT2D eigenvalue weighted by atomic mass is 35.5. The van der Waals surface area contributed by atoms with Crippen molar-refractivity contribution in [1.82, 2.24) is 4.90 Å². The Morgan fingerprint density at radius 1 is 1.20 bits per heavy atom. The van der Waals surface area contributed by atoms with Crippen LogP contribution in [0.25, 0.3) is 5.57 Å². The molecule has 7 heteroatoms. The van der Waals surface area contributed by atoms with Crippen LogP contribution >= 0.6 is 35.0 Å². The number of carbonyl (C=O) groups excluding carboxylic acids is 1. The Morgan fingerprint density at radius 2 is 1.97 bits per heavy atom. The predicted molar refractivity (Wildman–Crippen MR) is 124 cm³/mol. The first-order chi connectivity index (χ1) is 14.5. The van der Waals surface area contributed by atoms with Crippen LogP contribution in [0.4, 0.5) is 0 Å². The summed E-state index contributed by atoms with van der Waals surface area (Å²) in [6, 6.07) is 11.6. The molecule has 0 aliphatic carbocycles. The number of benzene rings is 2. The minimum absolute atomic E-state index is 0.145. The molecule has 0 unspecified atom stereocenters. The Bertz CT molecular complexity index is 913. The zero-order chi connectivity index (χ0) is 21.5. The van der Waals surface area contributed by atoms with Crippen molar-refractivity contribution in [3.8, 4) is 5.75 Å². The van der Waals surface area contributed by atoms with Gasteiger partial charge in [-0.15, -0.1) is 0 Å². The SMILES string of the molecule is C=C(C(=O)N1CCOCC1)c1ccc(Sc2cccc(OCCCC)c2)c(Cl)c1Cl. The number of morpholine rings is 1. The molecule has 0 radical (unpaired) electrons. The van der Waals surface area contributed by atoms with Gasteiger partial charge >= 0.3 is 0 Å². The summed E-state index contributed by atoms with van der Waals surface area (Å²) in [5, 5.41) is 0.746. The lowest BCUT2D eigenvalue weighted by Crippen LogP contribution is -2.40. The summed E-state index contributed by atoms with van der Waals surface area (Å²) in [5.41, 5.74) is 0.894. The molecule has 1 heterocycles. The van der Waals surface area contributed by atoms with Gasteiger partial charge in [0, 0.05) is 34.0 Å². The van der Waals surface area contributed by atoms with Crippen LogP contribution in [0.5, 0.6) is 5.75 Å². The fraction of sp³-hybridized carbons (Fsp3) is 0.348. The van der Waals surface area contributed by atoms with E-state index in [2.05, 4.69) is 13.5 Å². The number of nitrogens with zero attached hydrogens (tertiary/aromatic N) is 1. The van der Waals surface area contributed by atoms with E-state index in [0.717, 1.165) is 28.4 Å². The Labute approximate surface area is 192 Å². The third-order valence-corrected chi connectivity index (χ3v) is 6.77. The highest BCUT2D eigenvalue weighted by molar-refractivity contribution is 7.99. The van der Waals surface area contributed by atoms with E-state index in [-0.39, 0.29) is 5.91 Å². The van der Waals surface area contributed by atoms with E-state index in [0.29, 0.717) is 54.1 Å². The van der Waals surface area contributed by atoms with Crippen molar-refractivity contribution in [2.75, 3.05) is 32.9 Å². The number of amides is 1. The summed E-state index contributed by atoms with van der Waals surface area (Å²) < 4.78 is 11.1. The second-order valence-corrected chi connectivity index (χ2v) is 8.77. The molecule has 0 bridgehead atoms. The van der Waals surface area contributed by atoms with Gasteiger partial charge in [-0.2, -0.15) is 0 Å². The molecule has 2 aromatic rings. The molecule has 0 aromatic heterocycles. The normalized spacial score (nSPS) is 13.9. The number of carbonyl (C=O) groups is 1. The van der Waals surface area contributed by atoms with Gasteiger partial charge in [0.15, 0.2) is 0 Å². The standard InChI is InChI=1S/C23H25Cl2NO3S/c1-3-4-12-29-17-6-5-7-18(15-17)30-20-9-8-19(21(24)22(20)25)16(2)23(27)26-10-13-28-14-11-26/h5-9,15H,2-4,10-14H2,1H3. The number of halogens is 2. The Morgan fingerprint density at radius 3 is 2.70 bits per heavy atom. The average molecular weight is 466 g/mol. The number of hydrogen-bond acceptors (Lipinski definition) is 4. The minimum atomic E-state index is -0.145. The van der Waals surface area contributed by atoms with Gasteiger partial charge < -0.3 is 14.4 Å². The quantitative estimate of drug-likeness (QED) is 0.343. The first-order valence-corrected chi connectivity index (χ1v) is 11.5. The predicted octanol–water partition coefficient (Wildman–Crippen LogP) is 6.20. The average Bonchev–Trinajstić information content (AvgIpc) is 2.77. The molecule has 0 saturated carbocycles. The van der Waals surface area contributed by atoms with Crippen molar-refractivity contribution in [3.05, 3.63) is 58.6 Å². The van der Waals surface area contributed by atoms with Gasteiger partial charge in [0.25, 0.3) is 5.91 Å². The molecule has 1 aliphatic heterocycles. The largest absolute Gasteiger partial charge is 0.494 e. The van der Waals surface area contributed by atoms with Crippen LogP contribution in [0.15, 0.2) is 52.8 Å². The first kappa shape index (κ1) is 23.0. The molecule has 1 saturated heterocycles. The Balaban J connectivity index is 1.74. The van der Waals surface area contributed by atoms with E-state index in [1.54, 1.807) is 11.0 Å². The van der Waals surface area contributed by atoms with Gasteiger partial charge in [-0.3, -0.25) is 4.79 Å². The monoisotopic (exact) mass is 465 g/mol. The van der Waals surface area contributed by atoms with Gasteiger partial charge in [0.05, 0.1) is 29.9 Å². The van der Waals surface area contributed by atoms with Crippen LogP contribution in [-0.4, -0.2) is 43.7 Å². The second-order valence-electron chi connectivity index (χ2n) is 6.90. The summed E-state index contributed by atoms with van der Waals surface area (Å²) in [5.74, 6) is 0.686. The van der Waals surface area contributed by atoms with Crippen molar-refractivity contribution in [3.63, 3.8) is 0 Å². The van der Waals surface area contributed by atoms with Gasteiger partial charge in [-0.05, 0) is 30.7 Å². The van der Waals surface area contributed by atoms with Crippen molar-refractivity contribution in [2.45, 2.75) is 29.6 Å². The fourth-order valence-corrected chi connectivity index (χ4v) is 4.52. The molecule has 1 aliphatic rings. The van der Waals surface area contributed by atoms with E-state index >= 15 is 0 Å². The third kappa shape index (κ3) is 5.73. The highest BCUT2D eigenvalue weighted by Gasteiger charge is 2.23. The summed E-state index contributed by atoms with van der Waals surface area (Å²) in [4.78, 5) is 16.3. The lowest BCUT2D eigenvalue weighted by Gasteiger charge is -2.27. The Hall–Kier alpha value is -1.66. The molecule has 3 rings (SSSR count). The maximum Gasteiger partial charge on any atom is 0.254 e. The topological polar surface area (TPSA) is 38.8 Å². The molecule has 1 amide bonds. The number of unbranched alkanes of at least 4 members (excludes halogenated alkanes) is 1.